The summed E-state index contributed by atoms with van der Waals surface area (Å²) in [6.07, 6.45) is 1.70. The van der Waals surface area contributed by atoms with E-state index in [2.05, 4.69) is 9.97 Å². The highest BCUT2D eigenvalue weighted by molar-refractivity contribution is 7.99. The Morgan fingerprint density at radius 2 is 2.18 bits per heavy atom. The van der Waals surface area contributed by atoms with Gasteiger partial charge in [-0.2, -0.15) is 0 Å². The minimum atomic E-state index is -0.558. The van der Waals surface area contributed by atoms with Gasteiger partial charge in [0.15, 0.2) is 16.3 Å². The molecule has 2 rings (SSSR count). The molecule has 0 fully saturated rings. The van der Waals surface area contributed by atoms with Crippen LogP contribution in [0.4, 0.5) is 0 Å². The number of nitrogens with one attached hydrogen (secondary N) is 1. The van der Waals surface area contributed by atoms with Gasteiger partial charge in [-0.25, -0.2) is 9.78 Å². The largest absolute Gasteiger partial charge is 0.369 e. The van der Waals surface area contributed by atoms with Crippen LogP contribution in [0.5, 0.6) is 0 Å². The van der Waals surface area contributed by atoms with Crippen LogP contribution >= 0.6 is 23.4 Å². The van der Waals surface area contributed by atoms with E-state index in [0.29, 0.717) is 10.2 Å². The van der Waals surface area contributed by atoms with Crippen LogP contribution in [-0.2, 0) is 18.4 Å². The summed E-state index contributed by atoms with van der Waals surface area (Å²) in [6.45, 7) is 1.99. The molecular weight excluding hydrogens is 330 g/mol. The number of allylic oxidation sites excluding steroid dienone is 2. The van der Waals surface area contributed by atoms with Crippen molar-refractivity contribution in [3.05, 3.63) is 31.9 Å². The average molecular weight is 344 g/mol. The summed E-state index contributed by atoms with van der Waals surface area (Å²) < 4.78 is 2.83. The Labute approximate surface area is 134 Å². The number of thioether (sulfide) groups is 1. The fraction of sp³-hybridized carbons (Fsp3) is 0.333. The molecule has 0 aliphatic heterocycles. The van der Waals surface area contributed by atoms with Crippen LogP contribution in [0.1, 0.15) is 6.92 Å². The van der Waals surface area contributed by atoms with E-state index in [-0.39, 0.29) is 23.5 Å². The van der Waals surface area contributed by atoms with Gasteiger partial charge >= 0.3 is 5.69 Å². The second-order valence-electron chi connectivity index (χ2n) is 4.54. The van der Waals surface area contributed by atoms with E-state index in [1.54, 1.807) is 17.6 Å². The number of rotatable bonds is 5. The second kappa shape index (κ2) is 6.41. The van der Waals surface area contributed by atoms with Crippen molar-refractivity contribution < 1.29 is 4.79 Å². The molecule has 0 aliphatic rings. The molecular formula is C12H14ClN5O3S. The van der Waals surface area contributed by atoms with Crippen LogP contribution in [0, 0.1) is 0 Å². The van der Waals surface area contributed by atoms with E-state index in [4.69, 9.17) is 17.3 Å². The molecule has 0 radical (unpaired) electrons. The zero-order valence-corrected chi connectivity index (χ0v) is 13.5. The van der Waals surface area contributed by atoms with Gasteiger partial charge in [-0.05, 0) is 6.92 Å². The maximum Gasteiger partial charge on any atom is 0.329 e. The number of carbonyl (C=O) groups excluding carboxylic acids is 1. The average Bonchev–Trinajstić information content (AvgIpc) is 2.79. The first-order valence-electron chi connectivity index (χ1n) is 6.24. The van der Waals surface area contributed by atoms with E-state index >= 15 is 0 Å². The summed E-state index contributed by atoms with van der Waals surface area (Å²) in [6, 6.07) is 0. The van der Waals surface area contributed by atoms with Gasteiger partial charge in [0.05, 0.1) is 5.75 Å². The van der Waals surface area contributed by atoms with Crippen molar-refractivity contribution in [2.24, 2.45) is 12.8 Å². The number of hydrogen-bond donors (Lipinski definition) is 2. The predicted molar refractivity (Wildman–Crippen MR) is 85.1 cm³/mol. The molecule has 0 aliphatic carbocycles. The molecule has 8 nitrogen and oxygen atoms in total. The van der Waals surface area contributed by atoms with Gasteiger partial charge in [0, 0.05) is 18.6 Å². The highest BCUT2D eigenvalue weighted by Gasteiger charge is 2.17. The molecule has 2 aromatic rings. The fourth-order valence-corrected chi connectivity index (χ4v) is 2.66. The SMILES string of the molecule is C/C(Cl)=C/Cn1c(SCC(N)=O)nc2c1c(=O)[nH]c(=O)n2C. The minimum Gasteiger partial charge on any atom is -0.369 e. The molecule has 2 aromatic heterocycles. The number of aryl methyl sites for hydroxylation is 1. The molecule has 2 heterocycles. The van der Waals surface area contributed by atoms with Crippen molar-refractivity contribution in [2.75, 3.05) is 5.75 Å². The summed E-state index contributed by atoms with van der Waals surface area (Å²) in [5.74, 6) is -0.492. The van der Waals surface area contributed by atoms with E-state index in [1.807, 2.05) is 0 Å². The lowest BCUT2D eigenvalue weighted by Crippen LogP contribution is -2.29. The van der Waals surface area contributed by atoms with Crippen molar-refractivity contribution in [1.82, 2.24) is 19.1 Å². The lowest BCUT2D eigenvalue weighted by atomic mass is 10.4. The van der Waals surface area contributed by atoms with E-state index in [9.17, 15) is 14.4 Å². The quantitative estimate of drug-likeness (QED) is 0.749. The lowest BCUT2D eigenvalue weighted by molar-refractivity contribution is -0.115. The first-order chi connectivity index (χ1) is 10.3. The number of halogens is 1. The summed E-state index contributed by atoms with van der Waals surface area (Å²) >= 11 is 6.92. The Morgan fingerprint density at radius 1 is 1.50 bits per heavy atom. The molecule has 118 valence electrons. The predicted octanol–water partition coefficient (Wildman–Crippen LogP) is 0.143. The van der Waals surface area contributed by atoms with Crippen LogP contribution in [0.2, 0.25) is 0 Å². The first-order valence-corrected chi connectivity index (χ1v) is 7.60. The molecule has 10 heteroatoms. The summed E-state index contributed by atoms with van der Waals surface area (Å²) in [4.78, 5) is 41.2. The Kier molecular flexibility index (Phi) is 4.77. The van der Waals surface area contributed by atoms with Gasteiger partial charge in [0.1, 0.15) is 0 Å². The highest BCUT2D eigenvalue weighted by Crippen LogP contribution is 2.21. The Hall–Kier alpha value is -2.00. The van der Waals surface area contributed by atoms with Gasteiger partial charge in [-0.1, -0.05) is 29.4 Å². The monoisotopic (exact) mass is 343 g/mol. The van der Waals surface area contributed by atoms with E-state index in [0.717, 1.165) is 11.8 Å². The van der Waals surface area contributed by atoms with Crippen molar-refractivity contribution in [3.8, 4) is 0 Å². The van der Waals surface area contributed by atoms with Crippen LogP contribution in [0.15, 0.2) is 25.9 Å². The Bertz CT molecular complexity index is 875. The third-order valence-corrected chi connectivity index (χ3v) is 4.02. The van der Waals surface area contributed by atoms with Crippen molar-refractivity contribution in [3.63, 3.8) is 0 Å². The number of imidazole rings is 1. The summed E-state index contributed by atoms with van der Waals surface area (Å²) in [5.41, 5.74) is 4.51. The normalized spacial score (nSPS) is 12.0. The van der Waals surface area contributed by atoms with Crippen LogP contribution in [0.3, 0.4) is 0 Å². The molecule has 3 N–H and O–H groups in total. The molecule has 0 unspecified atom stereocenters. The molecule has 0 saturated carbocycles. The molecule has 0 saturated heterocycles. The smallest absolute Gasteiger partial charge is 0.329 e. The third kappa shape index (κ3) is 3.25. The maximum absolute atomic E-state index is 12.1. The molecule has 22 heavy (non-hydrogen) atoms. The van der Waals surface area contributed by atoms with Gasteiger partial charge in [0.25, 0.3) is 5.56 Å². The van der Waals surface area contributed by atoms with Gasteiger partial charge < -0.3 is 10.3 Å². The second-order valence-corrected chi connectivity index (χ2v) is 6.08. The zero-order chi connectivity index (χ0) is 16.4. The first kappa shape index (κ1) is 16.4. The number of primary amides is 1. The standard InChI is InChI=1S/C12H14ClN5O3S/c1-6(13)3-4-18-8-9(15-12(18)22-5-7(14)19)17(2)11(21)16-10(8)20/h3H,4-5H2,1-2H3,(H2,14,19)(H,16,20,21)/b6-3-. The zero-order valence-electron chi connectivity index (χ0n) is 11.9. The number of nitrogens with zero attached hydrogens (tertiary/aromatic N) is 3. The van der Waals surface area contributed by atoms with Crippen LogP contribution in [0.25, 0.3) is 11.2 Å². The Morgan fingerprint density at radius 3 is 2.77 bits per heavy atom. The number of amides is 1. The van der Waals surface area contributed by atoms with Gasteiger partial charge in [0.2, 0.25) is 5.91 Å². The highest BCUT2D eigenvalue weighted by atomic mass is 35.5. The summed E-state index contributed by atoms with van der Waals surface area (Å²) in [5, 5.41) is 0.962. The number of fused-ring (bicyclic) bond motifs is 1. The van der Waals surface area contributed by atoms with Crippen molar-refractivity contribution in [2.45, 2.75) is 18.6 Å². The van der Waals surface area contributed by atoms with Crippen LogP contribution in [-0.4, -0.2) is 30.8 Å². The van der Waals surface area contributed by atoms with Gasteiger partial charge in [-0.3, -0.25) is 19.1 Å². The number of H-pyrrole nitrogens is 1. The number of aromatic amines is 1. The van der Waals surface area contributed by atoms with Crippen molar-refractivity contribution in [1.29, 1.82) is 0 Å². The van der Waals surface area contributed by atoms with E-state index < -0.39 is 17.2 Å². The number of hydrogen-bond acceptors (Lipinski definition) is 5. The fourth-order valence-electron chi connectivity index (χ4n) is 1.85. The summed E-state index contributed by atoms with van der Waals surface area (Å²) in [7, 11) is 1.50. The molecule has 0 aromatic carbocycles. The maximum atomic E-state index is 12.1. The number of aromatic nitrogens is 4. The van der Waals surface area contributed by atoms with E-state index in [1.165, 1.54) is 11.6 Å². The number of carbonyl (C=O) groups is 1. The topological polar surface area (TPSA) is 116 Å². The van der Waals surface area contributed by atoms with Crippen molar-refractivity contribution >= 4 is 40.4 Å². The molecule has 0 bridgehead atoms. The van der Waals surface area contributed by atoms with Gasteiger partial charge in [-0.15, -0.1) is 0 Å². The third-order valence-electron chi connectivity index (χ3n) is 2.87. The molecule has 1 amide bonds. The molecule has 0 atom stereocenters. The lowest BCUT2D eigenvalue weighted by Gasteiger charge is -2.05. The Balaban J connectivity index is 2.69. The molecule has 0 spiro atoms. The van der Waals surface area contributed by atoms with Crippen LogP contribution < -0.4 is 17.0 Å². The minimum absolute atomic E-state index is 0.0126. The number of nitrogens with two attached hydrogens (primary N) is 1.